The van der Waals surface area contributed by atoms with E-state index in [2.05, 4.69) is 62.7 Å². The number of alkyl carbamates (subject to hydrolysis) is 1. The molecule has 3 N–H and O–H groups in total. The van der Waals surface area contributed by atoms with Crippen LogP contribution in [0.4, 0.5) is 4.79 Å². The molecule has 0 heterocycles. The first kappa shape index (κ1) is 24.5. The van der Waals surface area contributed by atoms with E-state index in [0.29, 0.717) is 19.5 Å². The van der Waals surface area contributed by atoms with Crippen molar-refractivity contribution < 1.29 is 19.4 Å². The van der Waals surface area contributed by atoms with Gasteiger partial charge in [-0.2, -0.15) is 0 Å². The third-order valence-corrected chi connectivity index (χ3v) is 6.61. The third kappa shape index (κ3) is 7.76. The SMILES string of the molecule is C[C@@H]1CCCC[C@H]1NC(=O)[C@@H](Cc1cc(I)c(O)c(I)c1)NC(=O)OC(C)(C)C. The van der Waals surface area contributed by atoms with Crippen LogP contribution in [0.2, 0.25) is 0 Å². The van der Waals surface area contributed by atoms with Gasteiger partial charge in [-0.15, -0.1) is 0 Å². The molecule has 1 aliphatic carbocycles. The van der Waals surface area contributed by atoms with Crippen molar-refractivity contribution in [3.63, 3.8) is 0 Å². The molecule has 162 valence electrons. The molecule has 2 rings (SSSR count). The van der Waals surface area contributed by atoms with Crippen molar-refractivity contribution in [1.29, 1.82) is 0 Å². The van der Waals surface area contributed by atoms with E-state index in [4.69, 9.17) is 4.74 Å². The zero-order valence-corrected chi connectivity index (χ0v) is 21.7. The molecule has 1 fully saturated rings. The van der Waals surface area contributed by atoms with Crippen LogP contribution in [0.25, 0.3) is 0 Å². The lowest BCUT2D eigenvalue weighted by molar-refractivity contribution is -0.124. The molecule has 0 bridgehead atoms. The molecule has 6 nitrogen and oxygen atoms in total. The van der Waals surface area contributed by atoms with Crippen LogP contribution < -0.4 is 10.6 Å². The number of benzene rings is 1. The van der Waals surface area contributed by atoms with Crippen LogP contribution in [0.1, 0.15) is 58.9 Å². The molecule has 8 heteroatoms. The fourth-order valence-electron chi connectivity index (χ4n) is 3.44. The minimum Gasteiger partial charge on any atom is -0.506 e. The van der Waals surface area contributed by atoms with Gasteiger partial charge in [0.1, 0.15) is 17.4 Å². The minimum atomic E-state index is -0.755. The Morgan fingerprint density at radius 2 is 1.79 bits per heavy atom. The second-order valence-corrected chi connectivity index (χ2v) is 11.0. The van der Waals surface area contributed by atoms with Crippen LogP contribution in [0.3, 0.4) is 0 Å². The summed E-state index contributed by atoms with van der Waals surface area (Å²) in [6.45, 7) is 7.52. The molecule has 1 aromatic carbocycles. The molecule has 0 saturated heterocycles. The van der Waals surface area contributed by atoms with Crippen molar-refractivity contribution in [2.45, 2.75) is 77.5 Å². The summed E-state index contributed by atoms with van der Waals surface area (Å²) < 4.78 is 6.78. The molecular weight excluding hydrogens is 598 g/mol. The Balaban J connectivity index is 2.17. The van der Waals surface area contributed by atoms with Gasteiger partial charge in [0.2, 0.25) is 5.91 Å². The summed E-state index contributed by atoms with van der Waals surface area (Å²) >= 11 is 4.13. The molecular formula is C21H30I2N2O4. The highest BCUT2D eigenvalue weighted by Crippen LogP contribution is 2.28. The van der Waals surface area contributed by atoms with Gasteiger partial charge in [-0.1, -0.05) is 19.8 Å². The first-order valence-corrected chi connectivity index (χ1v) is 12.1. The van der Waals surface area contributed by atoms with E-state index in [-0.39, 0.29) is 17.7 Å². The van der Waals surface area contributed by atoms with Gasteiger partial charge in [-0.05, 0) is 102 Å². The summed E-state index contributed by atoms with van der Waals surface area (Å²) in [6.07, 6.45) is 4.06. The largest absolute Gasteiger partial charge is 0.506 e. The van der Waals surface area contributed by atoms with Gasteiger partial charge < -0.3 is 20.5 Å². The smallest absolute Gasteiger partial charge is 0.408 e. The maximum Gasteiger partial charge on any atom is 0.408 e. The minimum absolute atomic E-state index is 0.124. The average molecular weight is 628 g/mol. The van der Waals surface area contributed by atoms with E-state index in [1.807, 2.05) is 12.1 Å². The number of phenolic OH excluding ortho intramolecular Hbond substituents is 1. The topological polar surface area (TPSA) is 87.7 Å². The van der Waals surface area contributed by atoms with Crippen molar-refractivity contribution in [2.75, 3.05) is 0 Å². The summed E-state index contributed by atoms with van der Waals surface area (Å²) in [4.78, 5) is 25.4. The van der Waals surface area contributed by atoms with Gasteiger partial charge in [0.25, 0.3) is 0 Å². The Kier molecular flexibility index (Phi) is 8.87. The summed E-state index contributed by atoms with van der Waals surface area (Å²) in [5, 5.41) is 15.9. The lowest BCUT2D eigenvalue weighted by Crippen LogP contribution is -2.53. The molecule has 1 saturated carbocycles. The Bertz CT molecular complexity index is 726. The van der Waals surface area contributed by atoms with Crippen LogP contribution in [-0.4, -0.2) is 34.8 Å². The number of amides is 2. The van der Waals surface area contributed by atoms with Gasteiger partial charge >= 0.3 is 6.09 Å². The molecule has 1 aromatic rings. The number of halogens is 2. The Morgan fingerprint density at radius 3 is 2.34 bits per heavy atom. The molecule has 0 aromatic heterocycles. The zero-order valence-electron chi connectivity index (χ0n) is 17.4. The van der Waals surface area contributed by atoms with E-state index in [0.717, 1.165) is 24.8 Å². The van der Waals surface area contributed by atoms with E-state index < -0.39 is 17.7 Å². The van der Waals surface area contributed by atoms with Crippen LogP contribution in [-0.2, 0) is 16.0 Å². The molecule has 0 unspecified atom stereocenters. The highest BCUT2D eigenvalue weighted by molar-refractivity contribution is 14.1. The van der Waals surface area contributed by atoms with Crippen molar-refractivity contribution in [3.8, 4) is 5.75 Å². The number of carbonyl (C=O) groups excluding carboxylic acids is 2. The van der Waals surface area contributed by atoms with Gasteiger partial charge in [0, 0.05) is 12.5 Å². The van der Waals surface area contributed by atoms with E-state index >= 15 is 0 Å². The standard InChI is InChI=1S/C21H30I2N2O4/c1-12-7-5-6-8-16(12)24-19(27)17(25-20(28)29-21(2,3)4)11-13-9-14(22)18(26)15(23)10-13/h9-10,12,16-17,26H,5-8,11H2,1-4H3,(H,24,27)(H,25,28)/t12-,16-,17-/m1/s1. The first-order chi connectivity index (χ1) is 13.5. The van der Waals surface area contributed by atoms with E-state index in [1.165, 1.54) is 6.42 Å². The Hall–Kier alpha value is -0.780. The quantitative estimate of drug-likeness (QED) is 0.412. The molecule has 1 aliphatic rings. The number of aromatic hydroxyl groups is 1. The first-order valence-electron chi connectivity index (χ1n) is 9.93. The maximum absolute atomic E-state index is 13.1. The Labute approximate surface area is 200 Å². The summed E-state index contributed by atoms with van der Waals surface area (Å²) in [7, 11) is 0. The molecule has 0 aliphatic heterocycles. The number of carbonyl (C=O) groups is 2. The van der Waals surface area contributed by atoms with Gasteiger partial charge in [0.15, 0.2) is 0 Å². The number of hydrogen-bond acceptors (Lipinski definition) is 4. The lowest BCUT2D eigenvalue weighted by Gasteiger charge is -2.31. The second kappa shape index (κ2) is 10.5. The predicted molar refractivity (Wildman–Crippen MR) is 130 cm³/mol. The summed E-state index contributed by atoms with van der Waals surface area (Å²) in [6, 6.07) is 3.03. The number of ether oxygens (including phenoxy) is 1. The van der Waals surface area contributed by atoms with Crippen LogP contribution in [0.15, 0.2) is 12.1 Å². The van der Waals surface area contributed by atoms with Gasteiger partial charge in [-0.25, -0.2) is 4.79 Å². The van der Waals surface area contributed by atoms with Crippen molar-refractivity contribution in [2.24, 2.45) is 5.92 Å². The fourth-order valence-corrected chi connectivity index (χ4v) is 5.34. The zero-order chi connectivity index (χ0) is 21.8. The molecule has 29 heavy (non-hydrogen) atoms. The molecule has 0 spiro atoms. The highest BCUT2D eigenvalue weighted by atomic mass is 127. The lowest BCUT2D eigenvalue weighted by atomic mass is 9.85. The van der Waals surface area contributed by atoms with Crippen molar-refractivity contribution in [3.05, 3.63) is 24.8 Å². The van der Waals surface area contributed by atoms with E-state index in [1.54, 1.807) is 20.8 Å². The average Bonchev–Trinajstić information content (AvgIpc) is 2.59. The summed E-state index contributed by atoms with van der Waals surface area (Å²) in [5.74, 6) is 0.449. The normalized spacial score (nSPS) is 20.6. The molecule has 2 amide bonds. The van der Waals surface area contributed by atoms with Gasteiger partial charge in [0.05, 0.1) is 7.14 Å². The third-order valence-electron chi connectivity index (χ3n) is 4.96. The second-order valence-electron chi connectivity index (χ2n) is 8.69. The number of hydrogen-bond donors (Lipinski definition) is 3. The van der Waals surface area contributed by atoms with E-state index in [9.17, 15) is 14.7 Å². The van der Waals surface area contributed by atoms with Crippen LogP contribution in [0.5, 0.6) is 5.75 Å². The number of nitrogens with one attached hydrogen (secondary N) is 2. The summed E-state index contributed by atoms with van der Waals surface area (Å²) in [5.41, 5.74) is 0.219. The monoisotopic (exact) mass is 628 g/mol. The predicted octanol–water partition coefficient (Wildman–Crippen LogP) is 4.73. The fraction of sp³-hybridized carbons (Fsp3) is 0.619. The van der Waals surface area contributed by atoms with Crippen molar-refractivity contribution in [1.82, 2.24) is 10.6 Å². The van der Waals surface area contributed by atoms with Crippen molar-refractivity contribution >= 4 is 57.2 Å². The molecule has 0 radical (unpaired) electrons. The Morgan fingerprint density at radius 1 is 1.21 bits per heavy atom. The molecule has 3 atom stereocenters. The van der Waals surface area contributed by atoms with Gasteiger partial charge in [-0.3, -0.25) is 4.79 Å². The van der Waals surface area contributed by atoms with Crippen LogP contribution >= 0.6 is 45.2 Å². The number of rotatable bonds is 5. The highest BCUT2D eigenvalue weighted by Gasteiger charge is 2.29. The number of phenols is 1. The van der Waals surface area contributed by atoms with Crippen LogP contribution in [0, 0.1) is 13.1 Å². The maximum atomic E-state index is 13.1.